The topological polar surface area (TPSA) is 115 Å². The van der Waals surface area contributed by atoms with Crippen LogP contribution >= 0.6 is 11.3 Å². The van der Waals surface area contributed by atoms with Crippen LogP contribution in [0.5, 0.6) is 11.5 Å². The van der Waals surface area contributed by atoms with Gasteiger partial charge in [-0.05, 0) is 49.4 Å². The third-order valence-corrected chi connectivity index (χ3v) is 6.01. The Labute approximate surface area is 183 Å². The van der Waals surface area contributed by atoms with Crippen molar-refractivity contribution < 1.29 is 28.6 Å². The molecule has 10 heteroatoms. The molecule has 1 heterocycles. The van der Waals surface area contributed by atoms with Crippen LogP contribution in [0.3, 0.4) is 0 Å². The van der Waals surface area contributed by atoms with Gasteiger partial charge in [-0.2, -0.15) is 5.10 Å². The molecule has 0 bridgehead atoms. The fraction of sp³-hybridized carbons (Fsp3) is 0.333. The number of amides is 2. The van der Waals surface area contributed by atoms with Gasteiger partial charge in [0, 0.05) is 10.4 Å². The maximum Gasteiger partial charge on any atom is 0.341 e. The number of carbonyl (C=O) groups is 3. The first-order valence-corrected chi connectivity index (χ1v) is 10.4. The Kier molecular flexibility index (Phi) is 7.24. The lowest BCUT2D eigenvalue weighted by Crippen LogP contribution is -2.32. The van der Waals surface area contributed by atoms with Gasteiger partial charge in [0.1, 0.15) is 16.5 Å². The van der Waals surface area contributed by atoms with Gasteiger partial charge in [0.25, 0.3) is 0 Å². The summed E-state index contributed by atoms with van der Waals surface area (Å²) in [6.45, 7) is 0. The van der Waals surface area contributed by atoms with Crippen molar-refractivity contribution in [2.75, 3.05) is 26.6 Å². The molecule has 1 aliphatic rings. The molecule has 0 radical (unpaired) electrons. The molecule has 3 rings (SSSR count). The minimum atomic E-state index is -0.972. The van der Waals surface area contributed by atoms with Gasteiger partial charge in [-0.15, -0.1) is 11.3 Å². The van der Waals surface area contributed by atoms with E-state index in [4.69, 9.17) is 14.2 Å². The van der Waals surface area contributed by atoms with E-state index in [2.05, 4.69) is 15.8 Å². The Morgan fingerprint density at radius 1 is 1.06 bits per heavy atom. The number of methoxy groups -OCH3 is 3. The lowest BCUT2D eigenvalue weighted by Gasteiger charge is -2.11. The first-order valence-electron chi connectivity index (χ1n) is 9.57. The van der Waals surface area contributed by atoms with Gasteiger partial charge in [0.2, 0.25) is 0 Å². The van der Waals surface area contributed by atoms with Crippen LogP contribution in [-0.2, 0) is 27.2 Å². The molecule has 9 nitrogen and oxygen atoms in total. The van der Waals surface area contributed by atoms with Gasteiger partial charge in [0.05, 0.1) is 33.1 Å². The highest BCUT2D eigenvalue weighted by Gasteiger charge is 2.28. The van der Waals surface area contributed by atoms with E-state index in [0.29, 0.717) is 27.6 Å². The summed E-state index contributed by atoms with van der Waals surface area (Å²) < 4.78 is 15.3. The maximum atomic E-state index is 12.4. The number of nitrogens with zero attached hydrogens (tertiary/aromatic N) is 1. The predicted octanol–water partition coefficient (Wildman–Crippen LogP) is 2.52. The summed E-state index contributed by atoms with van der Waals surface area (Å²) in [7, 11) is 4.32. The van der Waals surface area contributed by atoms with Crippen LogP contribution in [0.25, 0.3) is 0 Å². The van der Waals surface area contributed by atoms with Crippen LogP contribution in [-0.4, -0.2) is 45.3 Å². The Morgan fingerprint density at radius 2 is 1.84 bits per heavy atom. The molecule has 0 spiro atoms. The number of esters is 1. The standard InChI is InChI=1S/C21H23N3O6S/c1-28-13-8-9-15(29-2)12(10-13)11-22-24-19(26)18(25)23-20-17(21(27)30-3)14-6-4-5-7-16(14)31-20/h8-11H,4-7H2,1-3H3,(H,23,25)(H,24,26)/b22-11+. The van der Waals surface area contributed by atoms with Crippen LogP contribution in [0, 0.1) is 0 Å². The molecule has 164 valence electrons. The number of aryl methyl sites for hydroxylation is 1. The number of hydrogen-bond donors (Lipinski definition) is 2. The van der Waals surface area contributed by atoms with Crippen molar-refractivity contribution >= 4 is 40.3 Å². The van der Waals surface area contributed by atoms with Gasteiger partial charge >= 0.3 is 17.8 Å². The number of thiophene rings is 1. The average Bonchev–Trinajstić information content (AvgIpc) is 3.15. The minimum absolute atomic E-state index is 0.317. The Morgan fingerprint density at radius 3 is 2.55 bits per heavy atom. The predicted molar refractivity (Wildman–Crippen MR) is 116 cm³/mol. The second-order valence-corrected chi connectivity index (χ2v) is 7.77. The van der Waals surface area contributed by atoms with Gasteiger partial charge in [-0.25, -0.2) is 10.2 Å². The van der Waals surface area contributed by atoms with E-state index >= 15 is 0 Å². The molecular weight excluding hydrogens is 422 g/mol. The molecule has 2 amide bonds. The van der Waals surface area contributed by atoms with Crippen molar-refractivity contribution in [1.82, 2.24) is 5.43 Å². The fourth-order valence-electron chi connectivity index (χ4n) is 3.28. The number of rotatable bonds is 6. The van der Waals surface area contributed by atoms with Crippen LogP contribution in [0.1, 0.15) is 39.2 Å². The number of hydrazone groups is 1. The molecule has 0 fully saturated rings. The molecule has 1 aromatic carbocycles. The van der Waals surface area contributed by atoms with Gasteiger partial charge in [-0.3, -0.25) is 9.59 Å². The van der Waals surface area contributed by atoms with Crippen LogP contribution in [0.2, 0.25) is 0 Å². The van der Waals surface area contributed by atoms with Crippen molar-refractivity contribution in [1.29, 1.82) is 0 Å². The zero-order valence-corrected chi connectivity index (χ0v) is 18.3. The largest absolute Gasteiger partial charge is 0.497 e. The van der Waals surface area contributed by atoms with E-state index in [0.717, 1.165) is 36.1 Å². The summed E-state index contributed by atoms with van der Waals surface area (Å²) >= 11 is 1.30. The SMILES string of the molecule is COC(=O)c1c(NC(=O)C(=O)N/N=C/c2cc(OC)ccc2OC)sc2c1CCCC2. The first-order chi connectivity index (χ1) is 15.0. The summed E-state index contributed by atoms with van der Waals surface area (Å²) in [4.78, 5) is 37.9. The number of anilines is 1. The Bertz CT molecular complexity index is 1030. The number of fused-ring (bicyclic) bond motifs is 1. The zero-order valence-electron chi connectivity index (χ0n) is 17.4. The smallest absolute Gasteiger partial charge is 0.341 e. The van der Waals surface area contributed by atoms with E-state index in [1.807, 2.05) is 0 Å². The summed E-state index contributed by atoms with van der Waals surface area (Å²) in [5, 5.41) is 6.66. The number of benzene rings is 1. The van der Waals surface area contributed by atoms with Gasteiger partial charge in [0.15, 0.2) is 0 Å². The normalized spacial score (nSPS) is 12.7. The molecule has 0 saturated carbocycles. The van der Waals surface area contributed by atoms with Crippen LogP contribution in [0.4, 0.5) is 5.00 Å². The zero-order chi connectivity index (χ0) is 22.4. The van der Waals surface area contributed by atoms with Crippen LogP contribution < -0.4 is 20.2 Å². The quantitative estimate of drug-likeness (QED) is 0.306. The second-order valence-electron chi connectivity index (χ2n) is 6.67. The van der Waals surface area contributed by atoms with Crippen molar-refractivity contribution in [2.45, 2.75) is 25.7 Å². The lowest BCUT2D eigenvalue weighted by molar-refractivity contribution is -0.136. The molecule has 0 aliphatic heterocycles. The Balaban J connectivity index is 1.71. The number of nitrogens with one attached hydrogen (secondary N) is 2. The van der Waals surface area contributed by atoms with Gasteiger partial charge < -0.3 is 19.5 Å². The lowest BCUT2D eigenvalue weighted by atomic mass is 9.95. The van der Waals surface area contributed by atoms with Crippen molar-refractivity contribution in [3.05, 3.63) is 39.8 Å². The third kappa shape index (κ3) is 5.02. The molecule has 2 N–H and O–H groups in total. The van der Waals surface area contributed by atoms with Crippen molar-refractivity contribution in [2.24, 2.45) is 5.10 Å². The monoisotopic (exact) mass is 445 g/mol. The number of ether oxygens (including phenoxy) is 3. The van der Waals surface area contributed by atoms with E-state index in [-0.39, 0.29) is 0 Å². The van der Waals surface area contributed by atoms with Crippen LogP contribution in [0.15, 0.2) is 23.3 Å². The molecule has 2 aromatic rings. The van der Waals surface area contributed by atoms with E-state index in [9.17, 15) is 14.4 Å². The van der Waals surface area contributed by atoms with E-state index < -0.39 is 17.8 Å². The van der Waals surface area contributed by atoms with Gasteiger partial charge in [-0.1, -0.05) is 0 Å². The summed E-state index contributed by atoms with van der Waals surface area (Å²) in [5.41, 5.74) is 3.95. The highest BCUT2D eigenvalue weighted by atomic mass is 32.1. The molecular formula is C21H23N3O6S. The number of carbonyl (C=O) groups excluding carboxylic acids is 3. The maximum absolute atomic E-state index is 12.4. The number of hydrogen-bond acceptors (Lipinski definition) is 8. The van der Waals surface area contributed by atoms with Crippen molar-refractivity contribution in [3.63, 3.8) is 0 Å². The minimum Gasteiger partial charge on any atom is -0.497 e. The molecule has 0 atom stereocenters. The highest BCUT2D eigenvalue weighted by Crippen LogP contribution is 2.38. The second kappa shape index (κ2) is 10.1. The molecule has 1 aliphatic carbocycles. The molecule has 31 heavy (non-hydrogen) atoms. The Hall–Kier alpha value is -3.40. The molecule has 1 aromatic heterocycles. The van der Waals surface area contributed by atoms with E-state index in [1.165, 1.54) is 38.9 Å². The first kappa shape index (κ1) is 22.3. The summed E-state index contributed by atoms with van der Waals surface area (Å²) in [6, 6.07) is 5.09. The molecule has 0 saturated heterocycles. The summed E-state index contributed by atoms with van der Waals surface area (Å²) in [6.07, 6.45) is 4.90. The van der Waals surface area contributed by atoms with Crippen molar-refractivity contribution in [3.8, 4) is 11.5 Å². The fourth-order valence-corrected chi connectivity index (χ4v) is 4.56. The third-order valence-electron chi connectivity index (χ3n) is 4.80. The molecule has 0 unspecified atom stereocenters. The average molecular weight is 445 g/mol. The highest BCUT2D eigenvalue weighted by molar-refractivity contribution is 7.17. The van der Waals surface area contributed by atoms with E-state index in [1.54, 1.807) is 18.2 Å². The summed E-state index contributed by atoms with van der Waals surface area (Å²) in [5.74, 6) is -1.32.